The molecule has 0 aliphatic carbocycles. The molecular weight excluding hydrogens is 753 g/mol. The highest BCUT2D eigenvalue weighted by atomic mass is 15.0. The number of hydrogen-bond acceptors (Lipinski definition) is 2. The Labute approximate surface area is 359 Å². The minimum absolute atomic E-state index is 0.692. The molecule has 0 saturated carbocycles. The Morgan fingerprint density at radius 2 is 0.742 bits per heavy atom. The van der Waals surface area contributed by atoms with E-state index in [1.165, 1.54) is 43.7 Å². The maximum atomic E-state index is 5.18. The van der Waals surface area contributed by atoms with Crippen LogP contribution in [0.2, 0.25) is 0 Å². The molecule has 12 aromatic rings. The van der Waals surface area contributed by atoms with E-state index >= 15 is 0 Å². The molecule has 4 nitrogen and oxygen atoms in total. The van der Waals surface area contributed by atoms with Crippen molar-refractivity contribution in [2.24, 2.45) is 0 Å². The largest absolute Gasteiger partial charge is 0.309 e. The SMILES string of the molecule is c1ccc(-c2cc(-c3ccccc3)nc(-c3cccc(-c4cccc5c4c4cc(-c6ccc7c(c6)c6ccccc6n7-c6ccccc6)ccc4n5-c4ccccc4)c3)n2)cc1. The minimum atomic E-state index is 0.692. The van der Waals surface area contributed by atoms with Crippen molar-refractivity contribution < 1.29 is 0 Å². The molecule has 3 heterocycles. The van der Waals surface area contributed by atoms with E-state index in [0.717, 1.165) is 61.6 Å². The fourth-order valence-electron chi connectivity index (χ4n) is 9.27. The highest BCUT2D eigenvalue weighted by molar-refractivity contribution is 6.17. The Balaban J connectivity index is 1.05. The third-order valence-corrected chi connectivity index (χ3v) is 12.1. The fourth-order valence-corrected chi connectivity index (χ4v) is 9.27. The number of fused-ring (bicyclic) bond motifs is 6. The van der Waals surface area contributed by atoms with Gasteiger partial charge in [-0.15, -0.1) is 0 Å². The lowest BCUT2D eigenvalue weighted by Gasteiger charge is -2.11. The molecular formula is C58H38N4. The second kappa shape index (κ2) is 14.7. The third kappa shape index (κ3) is 6.00. The van der Waals surface area contributed by atoms with Crippen LogP contribution in [-0.4, -0.2) is 19.1 Å². The predicted octanol–water partition coefficient (Wildman–Crippen LogP) is 15.0. The van der Waals surface area contributed by atoms with Gasteiger partial charge in [0.15, 0.2) is 5.82 Å². The van der Waals surface area contributed by atoms with Crippen molar-refractivity contribution >= 4 is 43.6 Å². The zero-order chi connectivity index (χ0) is 41.0. The standard InChI is InChI=1S/C58H38N4/c1-5-17-39(18-6-1)51-38-52(40-19-7-2-8-20-40)60-58(59-51)44-22-15-21-43(35-44)47-28-16-30-56-57(47)50-37-42(32-34-55(50)62(56)46-25-11-4-12-26-46)41-31-33-54-49(36-41)48-27-13-14-29-53(48)61(54)45-23-9-3-10-24-45/h1-38H. The van der Waals surface area contributed by atoms with E-state index in [2.05, 4.69) is 228 Å². The van der Waals surface area contributed by atoms with Crippen LogP contribution in [0.25, 0.3) is 111 Å². The molecule has 0 unspecified atom stereocenters. The van der Waals surface area contributed by atoms with Crippen LogP contribution in [-0.2, 0) is 0 Å². The topological polar surface area (TPSA) is 35.6 Å². The van der Waals surface area contributed by atoms with Crippen molar-refractivity contribution in [1.82, 2.24) is 19.1 Å². The van der Waals surface area contributed by atoms with E-state index in [1.807, 2.05) is 12.1 Å². The molecule has 0 amide bonds. The van der Waals surface area contributed by atoms with Gasteiger partial charge in [-0.3, -0.25) is 0 Å². The Kier molecular flexibility index (Phi) is 8.46. The van der Waals surface area contributed by atoms with Crippen LogP contribution in [0.5, 0.6) is 0 Å². The lowest BCUT2D eigenvalue weighted by atomic mass is 9.96. The van der Waals surface area contributed by atoms with Gasteiger partial charge >= 0.3 is 0 Å². The monoisotopic (exact) mass is 790 g/mol. The minimum Gasteiger partial charge on any atom is -0.309 e. The normalized spacial score (nSPS) is 11.5. The van der Waals surface area contributed by atoms with Crippen molar-refractivity contribution in [3.63, 3.8) is 0 Å². The van der Waals surface area contributed by atoms with E-state index < -0.39 is 0 Å². The Morgan fingerprint density at radius 3 is 1.39 bits per heavy atom. The Morgan fingerprint density at radius 1 is 0.274 bits per heavy atom. The summed E-state index contributed by atoms with van der Waals surface area (Å²) in [6.07, 6.45) is 0. The van der Waals surface area contributed by atoms with Crippen molar-refractivity contribution in [2.75, 3.05) is 0 Å². The van der Waals surface area contributed by atoms with Crippen LogP contribution < -0.4 is 0 Å². The van der Waals surface area contributed by atoms with Crippen molar-refractivity contribution in [3.05, 3.63) is 231 Å². The molecule has 4 heteroatoms. The first-order chi connectivity index (χ1) is 30.7. The molecule has 3 aromatic heterocycles. The number of rotatable bonds is 7. The summed E-state index contributed by atoms with van der Waals surface area (Å²) < 4.78 is 4.77. The zero-order valence-corrected chi connectivity index (χ0v) is 33.7. The quantitative estimate of drug-likeness (QED) is 0.161. The summed E-state index contributed by atoms with van der Waals surface area (Å²) >= 11 is 0. The third-order valence-electron chi connectivity index (χ3n) is 12.1. The summed E-state index contributed by atoms with van der Waals surface area (Å²) in [5, 5.41) is 4.88. The molecule has 62 heavy (non-hydrogen) atoms. The van der Waals surface area contributed by atoms with Crippen LogP contribution in [0.3, 0.4) is 0 Å². The molecule has 0 N–H and O–H groups in total. The summed E-state index contributed by atoms with van der Waals surface area (Å²) in [7, 11) is 0. The highest BCUT2D eigenvalue weighted by Gasteiger charge is 2.19. The molecule has 0 spiro atoms. The van der Waals surface area contributed by atoms with Gasteiger partial charge in [0.05, 0.1) is 33.5 Å². The first-order valence-electron chi connectivity index (χ1n) is 21.1. The summed E-state index contributed by atoms with van der Waals surface area (Å²) in [6, 6.07) is 82.2. The van der Waals surface area contributed by atoms with E-state index in [1.54, 1.807) is 0 Å². The summed E-state index contributed by atoms with van der Waals surface area (Å²) in [6.45, 7) is 0. The summed E-state index contributed by atoms with van der Waals surface area (Å²) in [5.74, 6) is 0.692. The first kappa shape index (κ1) is 35.6. The Hall–Kier alpha value is -8.34. The van der Waals surface area contributed by atoms with Gasteiger partial charge in [-0.2, -0.15) is 0 Å². The molecule has 0 radical (unpaired) electrons. The maximum Gasteiger partial charge on any atom is 0.160 e. The molecule has 0 bridgehead atoms. The molecule has 0 aliphatic heterocycles. The summed E-state index contributed by atoms with van der Waals surface area (Å²) in [5.41, 5.74) is 16.5. The van der Waals surface area contributed by atoms with Crippen LogP contribution in [0, 0.1) is 0 Å². The van der Waals surface area contributed by atoms with Crippen LogP contribution in [0.1, 0.15) is 0 Å². The average Bonchev–Trinajstić information content (AvgIpc) is 3.87. The smallest absolute Gasteiger partial charge is 0.160 e. The highest BCUT2D eigenvalue weighted by Crippen LogP contribution is 2.42. The van der Waals surface area contributed by atoms with E-state index in [0.29, 0.717) is 5.82 Å². The van der Waals surface area contributed by atoms with Crippen molar-refractivity contribution in [1.29, 1.82) is 0 Å². The zero-order valence-electron chi connectivity index (χ0n) is 33.7. The van der Waals surface area contributed by atoms with Gasteiger partial charge in [0.1, 0.15) is 0 Å². The van der Waals surface area contributed by atoms with Crippen molar-refractivity contribution in [2.45, 2.75) is 0 Å². The second-order valence-corrected chi connectivity index (χ2v) is 15.8. The van der Waals surface area contributed by atoms with Gasteiger partial charge in [-0.25, -0.2) is 9.97 Å². The number of hydrogen-bond donors (Lipinski definition) is 0. The molecule has 9 aromatic carbocycles. The maximum absolute atomic E-state index is 5.18. The number of aromatic nitrogens is 4. The number of nitrogens with zero attached hydrogens (tertiary/aromatic N) is 4. The average molecular weight is 791 g/mol. The van der Waals surface area contributed by atoms with Crippen LogP contribution >= 0.6 is 0 Å². The van der Waals surface area contributed by atoms with Crippen molar-refractivity contribution in [3.8, 4) is 67.5 Å². The van der Waals surface area contributed by atoms with Gasteiger partial charge in [0, 0.05) is 49.6 Å². The summed E-state index contributed by atoms with van der Waals surface area (Å²) in [4.78, 5) is 10.4. The molecule has 0 fully saturated rings. The molecule has 290 valence electrons. The van der Waals surface area contributed by atoms with Crippen LogP contribution in [0.4, 0.5) is 0 Å². The van der Waals surface area contributed by atoms with E-state index in [9.17, 15) is 0 Å². The lowest BCUT2D eigenvalue weighted by molar-refractivity contribution is 1.18. The predicted molar refractivity (Wildman–Crippen MR) is 258 cm³/mol. The second-order valence-electron chi connectivity index (χ2n) is 15.8. The molecule has 0 atom stereocenters. The Bertz CT molecular complexity index is 3550. The van der Waals surface area contributed by atoms with E-state index in [4.69, 9.17) is 9.97 Å². The van der Waals surface area contributed by atoms with Gasteiger partial charge in [0.25, 0.3) is 0 Å². The molecule has 0 saturated heterocycles. The molecule has 0 aliphatic rings. The number of para-hydroxylation sites is 3. The van der Waals surface area contributed by atoms with Gasteiger partial charge in [-0.05, 0) is 95.1 Å². The van der Waals surface area contributed by atoms with Gasteiger partial charge < -0.3 is 9.13 Å². The van der Waals surface area contributed by atoms with Crippen LogP contribution in [0.15, 0.2) is 231 Å². The lowest BCUT2D eigenvalue weighted by Crippen LogP contribution is -1.96. The van der Waals surface area contributed by atoms with Gasteiger partial charge in [-0.1, -0.05) is 158 Å². The van der Waals surface area contributed by atoms with E-state index in [-0.39, 0.29) is 0 Å². The molecule has 12 rings (SSSR count). The fraction of sp³-hybridized carbons (Fsp3) is 0. The number of benzene rings is 9. The first-order valence-corrected chi connectivity index (χ1v) is 21.1. The van der Waals surface area contributed by atoms with Gasteiger partial charge in [0.2, 0.25) is 0 Å².